The standard InChI is InChI=1S/C16H24/c1-4-8-14(2)13-15(3)11-12-16-9-6-5-7-10-16/h5-7,9-10,13-14H,4,8,11-12H2,1-3H3/b15-13+. The van der Waals surface area contributed by atoms with Crippen LogP contribution in [-0.2, 0) is 6.42 Å². The topological polar surface area (TPSA) is 0 Å². The van der Waals surface area contributed by atoms with Gasteiger partial charge in [0.05, 0.1) is 0 Å². The molecule has 0 aliphatic rings. The van der Waals surface area contributed by atoms with Crippen LogP contribution in [0.25, 0.3) is 0 Å². The van der Waals surface area contributed by atoms with E-state index in [0.29, 0.717) is 0 Å². The molecule has 0 bridgehead atoms. The van der Waals surface area contributed by atoms with E-state index in [1.807, 2.05) is 0 Å². The fraction of sp³-hybridized carbons (Fsp3) is 0.500. The molecule has 0 nitrogen and oxygen atoms in total. The molecule has 1 aromatic carbocycles. The molecule has 0 radical (unpaired) electrons. The number of aryl methyl sites for hydroxylation is 1. The van der Waals surface area contributed by atoms with Crippen molar-refractivity contribution < 1.29 is 0 Å². The molecule has 1 rings (SSSR count). The van der Waals surface area contributed by atoms with E-state index in [1.54, 1.807) is 0 Å². The molecular weight excluding hydrogens is 192 g/mol. The van der Waals surface area contributed by atoms with Crippen molar-refractivity contribution in [2.45, 2.75) is 46.5 Å². The summed E-state index contributed by atoms with van der Waals surface area (Å²) in [4.78, 5) is 0. The first-order chi connectivity index (χ1) is 7.72. The number of benzene rings is 1. The van der Waals surface area contributed by atoms with Crippen LogP contribution in [0.4, 0.5) is 0 Å². The summed E-state index contributed by atoms with van der Waals surface area (Å²) in [6.45, 7) is 6.83. The monoisotopic (exact) mass is 216 g/mol. The van der Waals surface area contributed by atoms with Crippen LogP contribution < -0.4 is 0 Å². The Kier molecular flexibility index (Phi) is 5.92. The van der Waals surface area contributed by atoms with Crippen molar-refractivity contribution in [1.29, 1.82) is 0 Å². The van der Waals surface area contributed by atoms with E-state index in [2.05, 4.69) is 57.2 Å². The Labute approximate surface area is 100 Å². The van der Waals surface area contributed by atoms with Crippen molar-refractivity contribution in [2.24, 2.45) is 5.92 Å². The predicted octanol–water partition coefficient (Wildman–Crippen LogP) is 5.00. The fourth-order valence-electron chi connectivity index (χ4n) is 2.09. The fourth-order valence-corrected chi connectivity index (χ4v) is 2.09. The summed E-state index contributed by atoms with van der Waals surface area (Å²) in [7, 11) is 0. The molecule has 1 atom stereocenters. The van der Waals surface area contributed by atoms with Crippen LogP contribution >= 0.6 is 0 Å². The minimum absolute atomic E-state index is 0.737. The zero-order valence-electron chi connectivity index (χ0n) is 10.9. The van der Waals surface area contributed by atoms with Crippen molar-refractivity contribution in [2.75, 3.05) is 0 Å². The Morgan fingerprint density at radius 3 is 2.56 bits per heavy atom. The summed E-state index contributed by atoms with van der Waals surface area (Å²) in [5, 5.41) is 0. The quantitative estimate of drug-likeness (QED) is 0.587. The van der Waals surface area contributed by atoms with Crippen LogP contribution in [0.5, 0.6) is 0 Å². The maximum absolute atomic E-state index is 2.44. The molecule has 0 fully saturated rings. The molecule has 0 N–H and O–H groups in total. The maximum atomic E-state index is 2.44. The average Bonchev–Trinajstić information content (AvgIpc) is 2.28. The van der Waals surface area contributed by atoms with Gasteiger partial charge < -0.3 is 0 Å². The molecule has 0 aromatic heterocycles. The summed E-state index contributed by atoms with van der Waals surface area (Å²) in [6, 6.07) is 10.7. The average molecular weight is 216 g/mol. The highest BCUT2D eigenvalue weighted by Gasteiger charge is 1.98. The molecule has 1 unspecified atom stereocenters. The summed E-state index contributed by atoms with van der Waals surface area (Å²) in [5.41, 5.74) is 2.98. The minimum atomic E-state index is 0.737. The molecule has 88 valence electrons. The first-order valence-electron chi connectivity index (χ1n) is 6.43. The molecular formula is C16H24. The smallest absolute Gasteiger partial charge is 0.0242 e. The lowest BCUT2D eigenvalue weighted by Gasteiger charge is -2.07. The van der Waals surface area contributed by atoms with Crippen LogP contribution in [0.3, 0.4) is 0 Å². The summed E-state index contributed by atoms with van der Waals surface area (Å²) in [5.74, 6) is 0.737. The highest BCUT2D eigenvalue weighted by atomic mass is 14.0. The predicted molar refractivity (Wildman–Crippen MR) is 72.6 cm³/mol. The first kappa shape index (κ1) is 13.0. The van der Waals surface area contributed by atoms with Crippen molar-refractivity contribution in [3.05, 3.63) is 47.5 Å². The Morgan fingerprint density at radius 1 is 1.25 bits per heavy atom. The molecule has 0 amide bonds. The molecule has 0 spiro atoms. The first-order valence-corrected chi connectivity index (χ1v) is 6.43. The Morgan fingerprint density at radius 2 is 1.94 bits per heavy atom. The highest BCUT2D eigenvalue weighted by molar-refractivity contribution is 5.16. The number of hydrogen-bond donors (Lipinski definition) is 0. The third kappa shape index (κ3) is 5.16. The molecule has 0 saturated carbocycles. The summed E-state index contributed by atoms with van der Waals surface area (Å²) in [6.07, 6.45) is 7.39. The molecule has 0 aliphatic heterocycles. The van der Waals surface area contributed by atoms with Gasteiger partial charge >= 0.3 is 0 Å². The zero-order chi connectivity index (χ0) is 11.8. The van der Waals surface area contributed by atoms with Gasteiger partial charge in [-0.25, -0.2) is 0 Å². The van der Waals surface area contributed by atoms with Gasteiger partial charge in [-0.15, -0.1) is 0 Å². The van der Waals surface area contributed by atoms with Crippen LogP contribution in [-0.4, -0.2) is 0 Å². The van der Waals surface area contributed by atoms with Gasteiger partial charge in [0, 0.05) is 0 Å². The largest absolute Gasteiger partial charge is 0.0828 e. The molecule has 0 saturated heterocycles. The van der Waals surface area contributed by atoms with E-state index in [-0.39, 0.29) is 0 Å². The summed E-state index contributed by atoms with van der Waals surface area (Å²) >= 11 is 0. The van der Waals surface area contributed by atoms with Crippen molar-refractivity contribution >= 4 is 0 Å². The third-order valence-electron chi connectivity index (χ3n) is 2.96. The lowest BCUT2D eigenvalue weighted by atomic mass is 9.99. The van der Waals surface area contributed by atoms with Gasteiger partial charge in [-0.2, -0.15) is 0 Å². The van der Waals surface area contributed by atoms with Gasteiger partial charge in [-0.05, 0) is 37.7 Å². The van der Waals surface area contributed by atoms with Crippen molar-refractivity contribution in [1.82, 2.24) is 0 Å². The van der Waals surface area contributed by atoms with Crippen LogP contribution in [0.2, 0.25) is 0 Å². The van der Waals surface area contributed by atoms with Gasteiger partial charge in [0.25, 0.3) is 0 Å². The van der Waals surface area contributed by atoms with Crippen LogP contribution in [0.15, 0.2) is 42.0 Å². The van der Waals surface area contributed by atoms with E-state index in [4.69, 9.17) is 0 Å². The van der Waals surface area contributed by atoms with E-state index in [1.165, 1.54) is 36.8 Å². The van der Waals surface area contributed by atoms with Crippen LogP contribution in [0.1, 0.15) is 45.6 Å². The van der Waals surface area contributed by atoms with Gasteiger partial charge in [0.15, 0.2) is 0 Å². The van der Waals surface area contributed by atoms with Gasteiger partial charge in [0.2, 0.25) is 0 Å². The molecule has 0 heterocycles. The minimum Gasteiger partial charge on any atom is -0.0828 e. The lowest BCUT2D eigenvalue weighted by molar-refractivity contribution is 0.627. The molecule has 16 heavy (non-hydrogen) atoms. The second kappa shape index (κ2) is 7.27. The highest BCUT2D eigenvalue weighted by Crippen LogP contribution is 2.14. The van der Waals surface area contributed by atoms with Crippen LogP contribution in [0, 0.1) is 5.92 Å². The summed E-state index contributed by atoms with van der Waals surface area (Å²) < 4.78 is 0. The number of allylic oxidation sites excluding steroid dienone is 2. The Balaban J connectivity index is 2.37. The van der Waals surface area contributed by atoms with Crippen molar-refractivity contribution in [3.8, 4) is 0 Å². The Bertz CT molecular complexity index is 308. The Hall–Kier alpha value is -1.04. The van der Waals surface area contributed by atoms with Gasteiger partial charge in [-0.3, -0.25) is 0 Å². The van der Waals surface area contributed by atoms with E-state index >= 15 is 0 Å². The molecule has 0 heteroatoms. The van der Waals surface area contributed by atoms with Gasteiger partial charge in [0.1, 0.15) is 0 Å². The third-order valence-corrected chi connectivity index (χ3v) is 2.96. The SMILES string of the molecule is CCCC(C)/C=C(\C)CCc1ccccc1. The number of hydrogen-bond acceptors (Lipinski definition) is 0. The van der Waals surface area contributed by atoms with E-state index < -0.39 is 0 Å². The zero-order valence-corrected chi connectivity index (χ0v) is 10.9. The van der Waals surface area contributed by atoms with Gasteiger partial charge in [-0.1, -0.05) is 62.2 Å². The van der Waals surface area contributed by atoms with E-state index in [0.717, 1.165) is 5.92 Å². The molecule has 0 aliphatic carbocycles. The second-order valence-corrected chi connectivity index (χ2v) is 4.76. The second-order valence-electron chi connectivity index (χ2n) is 4.76. The lowest BCUT2D eigenvalue weighted by Crippen LogP contribution is -1.92. The number of rotatable bonds is 6. The maximum Gasteiger partial charge on any atom is -0.0242 e. The van der Waals surface area contributed by atoms with E-state index in [9.17, 15) is 0 Å². The molecule has 1 aromatic rings. The van der Waals surface area contributed by atoms with Crippen molar-refractivity contribution in [3.63, 3.8) is 0 Å². The normalized spacial score (nSPS) is 13.8.